The van der Waals surface area contributed by atoms with E-state index in [0.717, 1.165) is 41.7 Å². The lowest BCUT2D eigenvalue weighted by Crippen LogP contribution is -2.38. The fourth-order valence-corrected chi connectivity index (χ4v) is 3.02. The van der Waals surface area contributed by atoms with Crippen LogP contribution >= 0.6 is 0 Å². The summed E-state index contributed by atoms with van der Waals surface area (Å²) in [5.74, 6) is 0.0744. The first kappa shape index (κ1) is 14.0. The van der Waals surface area contributed by atoms with Crippen molar-refractivity contribution >= 4 is 16.8 Å². The van der Waals surface area contributed by atoms with E-state index in [4.69, 9.17) is 0 Å². The van der Waals surface area contributed by atoms with Crippen LogP contribution in [-0.2, 0) is 0 Å². The Morgan fingerprint density at radius 3 is 3.00 bits per heavy atom. The quantitative estimate of drug-likeness (QED) is 0.940. The zero-order chi connectivity index (χ0) is 14.8. The van der Waals surface area contributed by atoms with Crippen molar-refractivity contribution in [2.75, 3.05) is 20.1 Å². The molecule has 0 bridgehead atoms. The van der Waals surface area contributed by atoms with Gasteiger partial charge in [0.15, 0.2) is 0 Å². The van der Waals surface area contributed by atoms with Crippen molar-refractivity contribution in [3.05, 3.63) is 41.6 Å². The highest BCUT2D eigenvalue weighted by molar-refractivity contribution is 6.06. The Morgan fingerprint density at radius 2 is 2.24 bits per heavy atom. The molecule has 110 valence electrons. The number of para-hydroxylation sites is 1. The van der Waals surface area contributed by atoms with Gasteiger partial charge in [0.25, 0.3) is 5.91 Å². The summed E-state index contributed by atoms with van der Waals surface area (Å²) in [7, 11) is 1.88. The summed E-state index contributed by atoms with van der Waals surface area (Å²) >= 11 is 0. The number of rotatable bonds is 3. The SMILES string of the molecule is Cc1cc(C(=O)N(C)CC2CCCN2)c2ccccc2n1. The summed E-state index contributed by atoms with van der Waals surface area (Å²) in [6.07, 6.45) is 2.34. The summed E-state index contributed by atoms with van der Waals surface area (Å²) in [6, 6.07) is 10.1. The van der Waals surface area contributed by atoms with Crippen LogP contribution in [0, 0.1) is 6.92 Å². The largest absolute Gasteiger partial charge is 0.340 e. The zero-order valence-corrected chi connectivity index (χ0v) is 12.6. The van der Waals surface area contributed by atoms with Crippen LogP contribution in [0.25, 0.3) is 10.9 Å². The normalized spacial score (nSPS) is 18.1. The zero-order valence-electron chi connectivity index (χ0n) is 12.6. The third-order valence-electron chi connectivity index (χ3n) is 4.08. The van der Waals surface area contributed by atoms with Gasteiger partial charge in [0.1, 0.15) is 0 Å². The van der Waals surface area contributed by atoms with Crippen molar-refractivity contribution < 1.29 is 4.79 Å². The second kappa shape index (κ2) is 5.82. The van der Waals surface area contributed by atoms with E-state index < -0.39 is 0 Å². The molecule has 0 saturated carbocycles. The number of pyridine rings is 1. The van der Waals surface area contributed by atoms with Gasteiger partial charge in [-0.1, -0.05) is 18.2 Å². The maximum absolute atomic E-state index is 12.8. The Kier molecular flexibility index (Phi) is 3.88. The lowest BCUT2D eigenvalue weighted by Gasteiger charge is -2.22. The van der Waals surface area contributed by atoms with Gasteiger partial charge in [0.05, 0.1) is 11.1 Å². The lowest BCUT2D eigenvalue weighted by molar-refractivity contribution is 0.0785. The number of aryl methyl sites for hydroxylation is 1. The topological polar surface area (TPSA) is 45.2 Å². The monoisotopic (exact) mass is 283 g/mol. The number of carbonyl (C=O) groups is 1. The number of nitrogens with one attached hydrogen (secondary N) is 1. The highest BCUT2D eigenvalue weighted by Crippen LogP contribution is 2.20. The van der Waals surface area contributed by atoms with Crippen molar-refractivity contribution in [1.29, 1.82) is 0 Å². The smallest absolute Gasteiger partial charge is 0.254 e. The number of amides is 1. The van der Waals surface area contributed by atoms with Crippen LogP contribution in [0.4, 0.5) is 0 Å². The molecule has 0 spiro atoms. The molecule has 2 heterocycles. The van der Waals surface area contributed by atoms with Crippen LogP contribution in [0.2, 0.25) is 0 Å². The molecule has 1 aliphatic rings. The van der Waals surface area contributed by atoms with Crippen LogP contribution in [-0.4, -0.2) is 42.0 Å². The predicted octanol–water partition coefficient (Wildman–Crippen LogP) is 2.37. The van der Waals surface area contributed by atoms with Crippen LogP contribution in [0.15, 0.2) is 30.3 Å². The molecule has 1 saturated heterocycles. The van der Waals surface area contributed by atoms with Gasteiger partial charge in [-0.3, -0.25) is 9.78 Å². The van der Waals surface area contributed by atoms with Crippen LogP contribution in [0.5, 0.6) is 0 Å². The van der Waals surface area contributed by atoms with E-state index in [1.54, 1.807) is 0 Å². The molecule has 1 amide bonds. The number of aromatic nitrogens is 1. The van der Waals surface area contributed by atoms with Crippen molar-refractivity contribution in [3.63, 3.8) is 0 Å². The average Bonchev–Trinajstić information content (AvgIpc) is 2.98. The molecule has 1 atom stereocenters. The Morgan fingerprint density at radius 1 is 1.43 bits per heavy atom. The summed E-state index contributed by atoms with van der Waals surface area (Å²) in [4.78, 5) is 19.1. The molecular weight excluding hydrogens is 262 g/mol. The van der Waals surface area contributed by atoms with Crippen molar-refractivity contribution in [3.8, 4) is 0 Å². The standard InChI is InChI=1S/C17H21N3O/c1-12-10-15(14-7-3-4-8-16(14)19-12)17(21)20(2)11-13-6-5-9-18-13/h3-4,7-8,10,13,18H,5-6,9,11H2,1-2H3. The number of hydrogen-bond acceptors (Lipinski definition) is 3. The van der Waals surface area contributed by atoms with Gasteiger partial charge in [-0.25, -0.2) is 0 Å². The van der Waals surface area contributed by atoms with Gasteiger partial charge >= 0.3 is 0 Å². The van der Waals surface area contributed by atoms with Gasteiger partial charge in [-0.2, -0.15) is 0 Å². The first-order valence-electron chi connectivity index (χ1n) is 7.50. The van der Waals surface area contributed by atoms with E-state index >= 15 is 0 Å². The Balaban J connectivity index is 1.89. The van der Waals surface area contributed by atoms with Crippen molar-refractivity contribution in [2.24, 2.45) is 0 Å². The number of benzene rings is 1. The maximum atomic E-state index is 12.8. The molecule has 1 unspecified atom stereocenters. The molecule has 0 aliphatic carbocycles. The number of nitrogens with zero attached hydrogens (tertiary/aromatic N) is 2. The minimum atomic E-state index is 0.0744. The Labute approximate surface area is 125 Å². The Hall–Kier alpha value is -1.94. The molecule has 1 N–H and O–H groups in total. The first-order valence-corrected chi connectivity index (χ1v) is 7.50. The fourth-order valence-electron chi connectivity index (χ4n) is 3.02. The molecule has 1 fully saturated rings. The second-order valence-electron chi connectivity index (χ2n) is 5.81. The minimum Gasteiger partial charge on any atom is -0.340 e. The minimum absolute atomic E-state index is 0.0744. The van der Waals surface area contributed by atoms with E-state index in [2.05, 4.69) is 10.3 Å². The molecular formula is C17H21N3O. The van der Waals surface area contributed by atoms with Gasteiger partial charge in [0, 0.05) is 30.7 Å². The number of hydrogen-bond donors (Lipinski definition) is 1. The average molecular weight is 283 g/mol. The highest BCUT2D eigenvalue weighted by atomic mass is 16.2. The van der Waals surface area contributed by atoms with Crippen LogP contribution < -0.4 is 5.32 Å². The second-order valence-corrected chi connectivity index (χ2v) is 5.81. The maximum Gasteiger partial charge on any atom is 0.254 e. The fraction of sp³-hybridized carbons (Fsp3) is 0.412. The molecule has 1 aromatic heterocycles. The molecule has 21 heavy (non-hydrogen) atoms. The van der Waals surface area contributed by atoms with Crippen molar-refractivity contribution in [2.45, 2.75) is 25.8 Å². The summed E-state index contributed by atoms with van der Waals surface area (Å²) in [6.45, 7) is 3.75. The molecule has 3 rings (SSSR count). The van der Waals surface area contributed by atoms with Crippen LogP contribution in [0.1, 0.15) is 28.9 Å². The van der Waals surface area contributed by atoms with Gasteiger partial charge in [-0.05, 0) is 38.4 Å². The summed E-state index contributed by atoms with van der Waals surface area (Å²) < 4.78 is 0. The van der Waals surface area contributed by atoms with E-state index in [-0.39, 0.29) is 5.91 Å². The van der Waals surface area contributed by atoms with Gasteiger partial charge < -0.3 is 10.2 Å². The van der Waals surface area contributed by atoms with Gasteiger partial charge in [-0.15, -0.1) is 0 Å². The number of carbonyl (C=O) groups excluding carboxylic acids is 1. The van der Waals surface area contributed by atoms with Crippen molar-refractivity contribution in [1.82, 2.24) is 15.2 Å². The first-order chi connectivity index (χ1) is 10.1. The van der Waals surface area contributed by atoms with E-state index in [1.807, 2.05) is 49.2 Å². The Bertz CT molecular complexity index is 662. The van der Waals surface area contributed by atoms with E-state index in [1.165, 1.54) is 6.42 Å². The van der Waals surface area contributed by atoms with E-state index in [0.29, 0.717) is 6.04 Å². The summed E-state index contributed by atoms with van der Waals surface area (Å²) in [5, 5.41) is 4.37. The molecule has 1 aromatic carbocycles. The molecule has 4 heteroatoms. The van der Waals surface area contributed by atoms with E-state index in [9.17, 15) is 4.79 Å². The van der Waals surface area contributed by atoms with Gasteiger partial charge in [0.2, 0.25) is 0 Å². The third kappa shape index (κ3) is 2.90. The summed E-state index contributed by atoms with van der Waals surface area (Å²) in [5.41, 5.74) is 2.51. The molecule has 0 radical (unpaired) electrons. The highest BCUT2D eigenvalue weighted by Gasteiger charge is 2.21. The molecule has 1 aliphatic heterocycles. The number of likely N-dealkylation sites (N-methyl/N-ethyl adjacent to an activating group) is 1. The van der Waals surface area contributed by atoms with Crippen LogP contribution in [0.3, 0.4) is 0 Å². The molecule has 4 nitrogen and oxygen atoms in total. The third-order valence-corrected chi connectivity index (χ3v) is 4.08. The number of fused-ring (bicyclic) bond motifs is 1. The molecule has 2 aromatic rings. The lowest BCUT2D eigenvalue weighted by atomic mass is 10.1. The predicted molar refractivity (Wildman–Crippen MR) is 84.5 cm³/mol.